The fourth-order valence-corrected chi connectivity index (χ4v) is 3.90. The van der Waals surface area contributed by atoms with Crippen LogP contribution in [-0.4, -0.2) is 22.1 Å². The maximum atomic E-state index is 12.6. The predicted octanol–water partition coefficient (Wildman–Crippen LogP) is 5.22. The third-order valence-electron chi connectivity index (χ3n) is 4.56. The van der Waals surface area contributed by atoms with Gasteiger partial charge in [-0.05, 0) is 55.6 Å². The number of benzene rings is 3. The zero-order chi connectivity index (χ0) is 19.7. The maximum Gasteiger partial charge on any atom is 0.237 e. The number of carbonyl (C=O) groups excluding carboxylic acids is 2. The van der Waals surface area contributed by atoms with Gasteiger partial charge in [-0.25, -0.2) is 4.99 Å². The number of Topliss-reactive ketones (excluding diaryl/α,β-unsaturated/α-hetero) is 1. The lowest BCUT2D eigenvalue weighted by Crippen LogP contribution is -2.25. The van der Waals surface area contributed by atoms with Crippen molar-refractivity contribution in [2.24, 2.45) is 4.99 Å². The molecule has 1 amide bonds. The zero-order valence-electron chi connectivity index (χ0n) is 15.5. The lowest BCUT2D eigenvalue weighted by atomic mass is 10.1. The Morgan fingerprint density at radius 3 is 2.46 bits per heavy atom. The van der Waals surface area contributed by atoms with Gasteiger partial charge in [0.25, 0.3) is 0 Å². The van der Waals surface area contributed by atoms with Gasteiger partial charge in [0.15, 0.2) is 11.0 Å². The summed E-state index contributed by atoms with van der Waals surface area (Å²) >= 11 is 1.38. The number of aliphatic imine (C=N–C) groups is 1. The molecule has 0 aromatic heterocycles. The van der Waals surface area contributed by atoms with Crippen LogP contribution < -0.4 is 10.6 Å². The summed E-state index contributed by atoms with van der Waals surface area (Å²) in [7, 11) is 0. The number of hydrogen-bond acceptors (Lipinski definition) is 5. The highest BCUT2D eigenvalue weighted by atomic mass is 32.2. The molecule has 0 bridgehead atoms. The monoisotopic (exact) mass is 389 g/mol. The Hall–Kier alpha value is -3.12. The summed E-state index contributed by atoms with van der Waals surface area (Å²) in [6.45, 7) is 3.36. The van der Waals surface area contributed by atoms with Crippen molar-refractivity contribution in [2.45, 2.75) is 19.1 Å². The molecule has 0 saturated heterocycles. The first-order chi connectivity index (χ1) is 13.5. The molecule has 0 unspecified atom stereocenters. The molecule has 0 aliphatic carbocycles. The number of carbonyl (C=O) groups is 2. The summed E-state index contributed by atoms with van der Waals surface area (Å²) in [6.07, 6.45) is 0. The van der Waals surface area contributed by atoms with E-state index in [0.29, 0.717) is 16.4 Å². The van der Waals surface area contributed by atoms with E-state index in [1.165, 1.54) is 18.7 Å². The number of ketones is 1. The average Bonchev–Trinajstić information content (AvgIpc) is 2.68. The van der Waals surface area contributed by atoms with Crippen LogP contribution in [0.2, 0.25) is 0 Å². The van der Waals surface area contributed by atoms with Crippen molar-refractivity contribution >= 4 is 56.5 Å². The zero-order valence-corrected chi connectivity index (χ0v) is 16.3. The van der Waals surface area contributed by atoms with Crippen molar-refractivity contribution in [3.05, 3.63) is 66.2 Å². The molecule has 1 heterocycles. The lowest BCUT2D eigenvalue weighted by Gasteiger charge is -2.20. The number of amidine groups is 1. The molecule has 0 fully saturated rings. The van der Waals surface area contributed by atoms with E-state index in [9.17, 15) is 9.59 Å². The minimum absolute atomic E-state index is 0.00140. The van der Waals surface area contributed by atoms with Crippen molar-refractivity contribution in [2.75, 3.05) is 10.6 Å². The fourth-order valence-electron chi connectivity index (χ4n) is 3.08. The second kappa shape index (κ2) is 7.48. The molecule has 4 rings (SSSR count). The van der Waals surface area contributed by atoms with Crippen molar-refractivity contribution in [3.8, 4) is 0 Å². The number of nitrogens with zero attached hydrogens (tertiary/aromatic N) is 1. The average molecular weight is 389 g/mol. The van der Waals surface area contributed by atoms with Crippen LogP contribution in [0, 0.1) is 0 Å². The van der Waals surface area contributed by atoms with E-state index in [0.717, 1.165) is 22.1 Å². The Morgan fingerprint density at radius 2 is 1.75 bits per heavy atom. The van der Waals surface area contributed by atoms with Gasteiger partial charge in [-0.2, -0.15) is 0 Å². The van der Waals surface area contributed by atoms with Crippen molar-refractivity contribution < 1.29 is 9.59 Å². The molecule has 0 saturated carbocycles. The first-order valence-corrected chi connectivity index (χ1v) is 9.85. The molecular weight excluding hydrogens is 370 g/mol. The predicted molar refractivity (Wildman–Crippen MR) is 117 cm³/mol. The summed E-state index contributed by atoms with van der Waals surface area (Å²) in [4.78, 5) is 28.6. The van der Waals surface area contributed by atoms with Gasteiger partial charge in [-0.1, -0.05) is 36.0 Å². The number of rotatable bonds is 4. The van der Waals surface area contributed by atoms with Crippen LogP contribution in [-0.2, 0) is 4.79 Å². The molecule has 140 valence electrons. The lowest BCUT2D eigenvalue weighted by molar-refractivity contribution is -0.115. The van der Waals surface area contributed by atoms with Crippen LogP contribution in [0.15, 0.2) is 65.7 Å². The second-order valence-corrected chi connectivity index (χ2v) is 7.94. The van der Waals surface area contributed by atoms with Gasteiger partial charge in [0.2, 0.25) is 5.91 Å². The van der Waals surface area contributed by atoms with Crippen LogP contribution in [0.3, 0.4) is 0 Å². The number of nitrogens with one attached hydrogen (secondary N) is 2. The third-order valence-corrected chi connectivity index (χ3v) is 5.55. The Labute approximate surface area is 167 Å². The molecule has 28 heavy (non-hydrogen) atoms. The highest BCUT2D eigenvalue weighted by molar-refractivity contribution is 8.15. The normalized spacial score (nSPS) is 13.4. The summed E-state index contributed by atoms with van der Waals surface area (Å²) in [5, 5.41) is 8.79. The smallest absolute Gasteiger partial charge is 0.237 e. The van der Waals surface area contributed by atoms with Gasteiger partial charge in [-0.3, -0.25) is 9.59 Å². The molecule has 2 N–H and O–H groups in total. The minimum atomic E-state index is -0.344. The van der Waals surface area contributed by atoms with Crippen molar-refractivity contribution in [3.63, 3.8) is 0 Å². The summed E-state index contributed by atoms with van der Waals surface area (Å²) in [5.41, 5.74) is 3.19. The van der Waals surface area contributed by atoms with Gasteiger partial charge in [0, 0.05) is 16.6 Å². The van der Waals surface area contributed by atoms with Crippen molar-refractivity contribution in [1.29, 1.82) is 0 Å². The SMILES string of the molecule is CC(=O)c1ccc(NC(=O)[C@H](C)SC2=Nc3cccc4cccc(c34)N2)cc1. The molecule has 0 spiro atoms. The van der Waals surface area contributed by atoms with Gasteiger partial charge in [0.05, 0.1) is 16.6 Å². The molecule has 5 nitrogen and oxygen atoms in total. The summed E-state index contributed by atoms with van der Waals surface area (Å²) < 4.78 is 0. The van der Waals surface area contributed by atoms with E-state index in [2.05, 4.69) is 27.8 Å². The molecule has 6 heteroatoms. The molecule has 1 atom stereocenters. The minimum Gasteiger partial charge on any atom is -0.334 e. The number of thioether (sulfide) groups is 1. The Bertz CT molecular complexity index is 1100. The van der Waals surface area contributed by atoms with Crippen LogP contribution in [0.1, 0.15) is 24.2 Å². The van der Waals surface area contributed by atoms with Crippen LogP contribution >= 0.6 is 11.8 Å². The Morgan fingerprint density at radius 1 is 1.04 bits per heavy atom. The Kier molecular flexibility index (Phi) is 4.88. The molecular formula is C22H19N3O2S. The third kappa shape index (κ3) is 3.64. The van der Waals surface area contributed by atoms with Gasteiger partial charge < -0.3 is 10.6 Å². The Balaban J connectivity index is 1.47. The van der Waals surface area contributed by atoms with Crippen LogP contribution in [0.25, 0.3) is 10.8 Å². The highest BCUT2D eigenvalue weighted by Gasteiger charge is 2.20. The second-order valence-electron chi connectivity index (χ2n) is 6.61. The number of anilines is 2. The van der Waals surface area contributed by atoms with E-state index < -0.39 is 0 Å². The van der Waals surface area contributed by atoms with Crippen LogP contribution in [0.4, 0.5) is 17.1 Å². The van der Waals surface area contributed by atoms with Crippen molar-refractivity contribution in [1.82, 2.24) is 0 Å². The molecule has 1 aliphatic rings. The van der Waals surface area contributed by atoms with E-state index in [4.69, 9.17) is 0 Å². The molecule has 3 aromatic carbocycles. The van der Waals surface area contributed by atoms with Crippen LogP contribution in [0.5, 0.6) is 0 Å². The van der Waals surface area contributed by atoms with E-state index in [-0.39, 0.29) is 16.9 Å². The van der Waals surface area contributed by atoms with E-state index in [1.54, 1.807) is 24.3 Å². The standard InChI is InChI=1S/C22H19N3O2S/c1-13(26)15-9-11-17(12-10-15)23-21(27)14(2)28-22-24-18-7-3-5-16-6-4-8-19(25-22)20(16)18/h3-12,14H,1-2H3,(H,23,27)(H,24,25)/t14-/m0/s1. The number of hydrogen-bond donors (Lipinski definition) is 2. The largest absolute Gasteiger partial charge is 0.334 e. The highest BCUT2D eigenvalue weighted by Crippen LogP contribution is 2.37. The summed E-state index contributed by atoms with van der Waals surface area (Å²) in [5.74, 6) is -0.124. The molecule has 0 radical (unpaired) electrons. The maximum absolute atomic E-state index is 12.6. The van der Waals surface area contributed by atoms with E-state index >= 15 is 0 Å². The first-order valence-electron chi connectivity index (χ1n) is 8.97. The molecule has 3 aromatic rings. The fraction of sp³-hybridized carbons (Fsp3) is 0.136. The quantitative estimate of drug-likeness (QED) is 0.601. The van der Waals surface area contributed by atoms with E-state index in [1.807, 2.05) is 31.2 Å². The van der Waals surface area contributed by atoms with Gasteiger partial charge in [0.1, 0.15) is 0 Å². The number of amides is 1. The topological polar surface area (TPSA) is 70.6 Å². The molecule has 1 aliphatic heterocycles. The van der Waals surface area contributed by atoms with Gasteiger partial charge >= 0.3 is 0 Å². The van der Waals surface area contributed by atoms with Gasteiger partial charge in [-0.15, -0.1) is 0 Å². The summed E-state index contributed by atoms with van der Waals surface area (Å²) in [6, 6.07) is 19.0. The first kappa shape index (κ1) is 18.3.